The van der Waals surface area contributed by atoms with Crippen molar-refractivity contribution in [2.45, 2.75) is 25.3 Å². The molecule has 1 aliphatic heterocycles. The number of rotatable bonds is 1. The molecule has 1 atom stereocenters. The Labute approximate surface area is 107 Å². The van der Waals surface area contributed by atoms with E-state index in [1.807, 2.05) is 13.2 Å². The fraction of sp³-hybridized carbons (Fsp3) is 0.429. The summed E-state index contributed by atoms with van der Waals surface area (Å²) in [5, 5.41) is 5.59. The van der Waals surface area contributed by atoms with E-state index in [4.69, 9.17) is 11.6 Å². The third kappa shape index (κ3) is 1.96. The van der Waals surface area contributed by atoms with E-state index in [1.165, 1.54) is 35.7 Å². The highest BCUT2D eigenvalue weighted by Crippen LogP contribution is 2.30. The number of hydrogen-bond acceptors (Lipinski definition) is 1. The van der Waals surface area contributed by atoms with Crippen LogP contribution in [0.25, 0.3) is 10.9 Å². The van der Waals surface area contributed by atoms with E-state index in [9.17, 15) is 0 Å². The lowest BCUT2D eigenvalue weighted by molar-refractivity contribution is 0.412. The van der Waals surface area contributed by atoms with Gasteiger partial charge in [0.25, 0.3) is 0 Å². The molecule has 0 bridgehead atoms. The van der Waals surface area contributed by atoms with Gasteiger partial charge in [-0.15, -0.1) is 0 Å². The van der Waals surface area contributed by atoms with Crippen molar-refractivity contribution in [1.82, 2.24) is 9.88 Å². The molecule has 1 saturated heterocycles. The van der Waals surface area contributed by atoms with Crippen LogP contribution in [0.5, 0.6) is 0 Å². The van der Waals surface area contributed by atoms with E-state index in [2.05, 4.69) is 28.1 Å². The van der Waals surface area contributed by atoms with Gasteiger partial charge in [0, 0.05) is 30.2 Å². The van der Waals surface area contributed by atoms with Crippen LogP contribution in [0.2, 0.25) is 5.02 Å². The summed E-state index contributed by atoms with van der Waals surface area (Å²) in [5.41, 5.74) is 2.57. The minimum absolute atomic E-state index is 0.504. The van der Waals surface area contributed by atoms with Crippen molar-refractivity contribution < 1.29 is 0 Å². The summed E-state index contributed by atoms with van der Waals surface area (Å²) in [6.07, 6.45) is 5.82. The van der Waals surface area contributed by atoms with Crippen LogP contribution in [-0.2, 0) is 7.05 Å². The number of nitrogens with one attached hydrogen (secondary N) is 1. The van der Waals surface area contributed by atoms with Crippen LogP contribution in [0.4, 0.5) is 0 Å². The maximum atomic E-state index is 6.25. The van der Waals surface area contributed by atoms with E-state index in [-0.39, 0.29) is 0 Å². The largest absolute Gasteiger partial charge is 0.349 e. The van der Waals surface area contributed by atoms with E-state index in [1.54, 1.807) is 0 Å². The Balaban J connectivity index is 2.03. The van der Waals surface area contributed by atoms with Gasteiger partial charge in [-0.3, -0.25) is 0 Å². The SMILES string of the molecule is Cn1cc(Cl)c2cc(C3CCCCN3)ccc21. The van der Waals surface area contributed by atoms with Crippen molar-refractivity contribution in [1.29, 1.82) is 0 Å². The zero-order valence-corrected chi connectivity index (χ0v) is 10.8. The third-order valence-electron chi connectivity index (χ3n) is 3.68. The van der Waals surface area contributed by atoms with Gasteiger partial charge in [0.2, 0.25) is 0 Å². The zero-order valence-electron chi connectivity index (χ0n) is 10.0. The fourth-order valence-corrected chi connectivity index (χ4v) is 3.01. The first-order chi connectivity index (χ1) is 8.25. The molecule has 2 aromatic rings. The molecule has 0 amide bonds. The highest BCUT2D eigenvalue weighted by atomic mass is 35.5. The van der Waals surface area contributed by atoms with Gasteiger partial charge < -0.3 is 9.88 Å². The molecule has 1 aromatic carbocycles. The van der Waals surface area contributed by atoms with E-state index < -0.39 is 0 Å². The third-order valence-corrected chi connectivity index (χ3v) is 3.98. The molecule has 3 rings (SSSR count). The molecule has 1 unspecified atom stereocenters. The van der Waals surface area contributed by atoms with Gasteiger partial charge in [-0.2, -0.15) is 0 Å². The van der Waals surface area contributed by atoms with Gasteiger partial charge >= 0.3 is 0 Å². The average Bonchev–Trinajstić information content (AvgIpc) is 2.66. The number of fused-ring (bicyclic) bond motifs is 1. The van der Waals surface area contributed by atoms with Crippen molar-refractivity contribution >= 4 is 22.5 Å². The minimum Gasteiger partial charge on any atom is -0.349 e. The Kier molecular flexibility index (Phi) is 2.85. The molecule has 17 heavy (non-hydrogen) atoms. The van der Waals surface area contributed by atoms with E-state index >= 15 is 0 Å². The van der Waals surface area contributed by atoms with Crippen molar-refractivity contribution in [2.24, 2.45) is 7.05 Å². The highest BCUT2D eigenvalue weighted by molar-refractivity contribution is 6.35. The zero-order chi connectivity index (χ0) is 11.8. The molecule has 1 N–H and O–H groups in total. The second kappa shape index (κ2) is 4.35. The summed E-state index contributed by atoms with van der Waals surface area (Å²) < 4.78 is 2.08. The molecule has 2 heterocycles. The van der Waals surface area contributed by atoms with Gasteiger partial charge in [-0.05, 0) is 37.1 Å². The summed E-state index contributed by atoms with van der Waals surface area (Å²) in [5.74, 6) is 0. The smallest absolute Gasteiger partial charge is 0.0661 e. The standard InChI is InChI=1S/C14H17ClN2/c1-17-9-12(15)11-8-10(5-6-14(11)17)13-4-2-3-7-16-13/h5-6,8-9,13,16H,2-4,7H2,1H3. The monoisotopic (exact) mass is 248 g/mol. The highest BCUT2D eigenvalue weighted by Gasteiger charge is 2.15. The normalized spacial score (nSPS) is 20.9. The van der Waals surface area contributed by atoms with Gasteiger partial charge in [0.15, 0.2) is 0 Å². The summed E-state index contributed by atoms with van der Waals surface area (Å²) in [4.78, 5) is 0. The van der Waals surface area contributed by atoms with Crippen molar-refractivity contribution in [3.05, 3.63) is 35.0 Å². The Bertz CT molecular complexity index is 538. The Morgan fingerprint density at radius 2 is 2.24 bits per heavy atom. The number of halogens is 1. The maximum Gasteiger partial charge on any atom is 0.0661 e. The predicted molar refractivity (Wildman–Crippen MR) is 72.5 cm³/mol. The summed E-state index contributed by atoms with van der Waals surface area (Å²) in [6, 6.07) is 7.14. The van der Waals surface area contributed by atoms with Crippen LogP contribution in [0, 0.1) is 0 Å². The lowest BCUT2D eigenvalue weighted by atomic mass is 9.97. The van der Waals surface area contributed by atoms with Gasteiger partial charge in [-0.25, -0.2) is 0 Å². The van der Waals surface area contributed by atoms with Gasteiger partial charge in [0.05, 0.1) is 5.02 Å². The molecule has 2 nitrogen and oxygen atoms in total. The van der Waals surface area contributed by atoms with Crippen molar-refractivity contribution in [3.63, 3.8) is 0 Å². The predicted octanol–water partition coefficient (Wildman–Crippen LogP) is 3.65. The second-order valence-corrected chi connectivity index (χ2v) is 5.27. The number of aromatic nitrogens is 1. The Hall–Kier alpha value is -0.990. The molecular formula is C14H17ClN2. The molecule has 1 aromatic heterocycles. The number of hydrogen-bond donors (Lipinski definition) is 1. The van der Waals surface area contributed by atoms with Crippen LogP contribution in [0.1, 0.15) is 30.9 Å². The van der Waals surface area contributed by atoms with Crippen LogP contribution < -0.4 is 5.32 Å². The lowest BCUT2D eigenvalue weighted by Gasteiger charge is -2.23. The molecule has 0 saturated carbocycles. The van der Waals surface area contributed by atoms with Crippen LogP contribution >= 0.6 is 11.6 Å². The number of piperidine rings is 1. The minimum atomic E-state index is 0.504. The fourth-order valence-electron chi connectivity index (χ4n) is 2.71. The van der Waals surface area contributed by atoms with Crippen molar-refractivity contribution in [3.8, 4) is 0 Å². The first-order valence-corrected chi connectivity index (χ1v) is 6.61. The molecule has 0 aliphatic carbocycles. The first-order valence-electron chi connectivity index (χ1n) is 6.23. The molecule has 0 spiro atoms. The van der Waals surface area contributed by atoms with Crippen molar-refractivity contribution in [2.75, 3.05) is 6.54 Å². The molecular weight excluding hydrogens is 232 g/mol. The van der Waals surface area contributed by atoms with Crippen LogP contribution in [-0.4, -0.2) is 11.1 Å². The molecule has 3 heteroatoms. The number of aryl methyl sites for hydroxylation is 1. The summed E-state index contributed by atoms with van der Waals surface area (Å²) in [7, 11) is 2.03. The van der Waals surface area contributed by atoms with E-state index in [0.29, 0.717) is 6.04 Å². The maximum absolute atomic E-state index is 6.25. The molecule has 1 fully saturated rings. The lowest BCUT2D eigenvalue weighted by Crippen LogP contribution is -2.26. The first kappa shape index (κ1) is 11.1. The number of benzene rings is 1. The summed E-state index contributed by atoms with van der Waals surface area (Å²) in [6.45, 7) is 1.13. The van der Waals surface area contributed by atoms with Gasteiger partial charge in [0.1, 0.15) is 0 Å². The van der Waals surface area contributed by atoms with Crippen LogP contribution in [0.15, 0.2) is 24.4 Å². The Morgan fingerprint density at radius 3 is 3.00 bits per heavy atom. The average molecular weight is 249 g/mol. The van der Waals surface area contributed by atoms with E-state index in [0.717, 1.165) is 11.6 Å². The quantitative estimate of drug-likeness (QED) is 0.815. The Morgan fingerprint density at radius 1 is 1.35 bits per heavy atom. The second-order valence-electron chi connectivity index (χ2n) is 4.87. The van der Waals surface area contributed by atoms with Gasteiger partial charge in [-0.1, -0.05) is 24.1 Å². The molecule has 0 radical (unpaired) electrons. The molecule has 90 valence electrons. The topological polar surface area (TPSA) is 17.0 Å². The summed E-state index contributed by atoms with van der Waals surface area (Å²) >= 11 is 6.25. The number of nitrogens with zero attached hydrogens (tertiary/aromatic N) is 1. The molecule has 1 aliphatic rings. The van der Waals surface area contributed by atoms with Crippen LogP contribution in [0.3, 0.4) is 0 Å².